The minimum absolute atomic E-state index is 0.0656. The molecule has 14 heteroatoms. The third-order valence-electron chi connectivity index (χ3n) is 9.59. The maximum Gasteiger partial charge on any atom is 0.294 e. The number of piperidine rings is 1. The molecule has 1 spiro atoms. The Morgan fingerprint density at radius 2 is 1.84 bits per heavy atom. The lowest BCUT2D eigenvalue weighted by Crippen LogP contribution is -2.54. The number of likely N-dealkylation sites (tertiary alicyclic amines) is 1. The Morgan fingerprint density at radius 3 is 2.53 bits per heavy atom. The van der Waals surface area contributed by atoms with Gasteiger partial charge in [0.1, 0.15) is 17.0 Å². The van der Waals surface area contributed by atoms with Crippen molar-refractivity contribution in [1.82, 2.24) is 4.90 Å². The third-order valence-corrected chi connectivity index (χ3v) is 11.2. The molecule has 3 aromatic carbocycles. The number of nitro groups is 1. The van der Waals surface area contributed by atoms with E-state index in [1.54, 1.807) is 24.3 Å². The molecule has 45 heavy (non-hydrogen) atoms. The van der Waals surface area contributed by atoms with E-state index in [9.17, 15) is 28.1 Å². The fraction of sp³-hybridized carbons (Fsp3) is 0.355. The van der Waals surface area contributed by atoms with Gasteiger partial charge in [-0.3, -0.25) is 24.6 Å². The number of fused-ring (bicyclic) bond motifs is 3. The zero-order valence-corrected chi connectivity index (χ0v) is 26.2. The number of halogens is 3. The van der Waals surface area contributed by atoms with Crippen LogP contribution in [0.5, 0.6) is 0 Å². The molecule has 7 rings (SSSR count). The number of hydrogen-bond acceptors (Lipinski definition) is 7. The first kappa shape index (κ1) is 30.1. The Morgan fingerprint density at radius 1 is 1.09 bits per heavy atom. The number of carbonyl (C=O) groups is 2. The highest BCUT2D eigenvalue weighted by molar-refractivity contribution is 7.90. The summed E-state index contributed by atoms with van der Waals surface area (Å²) in [6.07, 6.45) is 3.17. The van der Waals surface area contributed by atoms with Gasteiger partial charge in [-0.25, -0.2) is 12.8 Å². The van der Waals surface area contributed by atoms with Crippen LogP contribution in [0.2, 0.25) is 10.0 Å². The second kappa shape index (κ2) is 10.5. The van der Waals surface area contributed by atoms with Crippen molar-refractivity contribution in [3.8, 4) is 0 Å². The van der Waals surface area contributed by atoms with E-state index in [1.807, 2.05) is 4.90 Å². The van der Waals surface area contributed by atoms with Crippen molar-refractivity contribution in [2.24, 2.45) is 11.8 Å². The van der Waals surface area contributed by atoms with E-state index in [4.69, 9.17) is 23.2 Å². The quantitative estimate of drug-likeness (QED) is 0.269. The molecule has 0 radical (unpaired) electrons. The van der Waals surface area contributed by atoms with E-state index in [0.29, 0.717) is 29.2 Å². The summed E-state index contributed by atoms with van der Waals surface area (Å²) in [5.74, 6) is -3.48. The number of hydrogen-bond donors (Lipinski definition) is 1. The first-order valence-corrected chi connectivity index (χ1v) is 17.1. The van der Waals surface area contributed by atoms with Gasteiger partial charge < -0.3 is 10.2 Å². The highest BCUT2D eigenvalue weighted by Crippen LogP contribution is 2.62. The van der Waals surface area contributed by atoms with Crippen molar-refractivity contribution >= 4 is 61.9 Å². The highest BCUT2D eigenvalue weighted by Gasteiger charge is 2.70. The molecule has 3 heterocycles. The fourth-order valence-electron chi connectivity index (χ4n) is 7.58. The first-order valence-electron chi connectivity index (χ1n) is 14.5. The largest absolute Gasteiger partial charge is 0.324 e. The Balaban J connectivity index is 1.45. The molecular formula is C31H27Cl2FN4O6S. The van der Waals surface area contributed by atoms with Crippen LogP contribution in [0, 0.1) is 27.8 Å². The molecule has 1 aliphatic carbocycles. The minimum Gasteiger partial charge on any atom is -0.324 e. The van der Waals surface area contributed by atoms with Crippen molar-refractivity contribution in [3.63, 3.8) is 0 Å². The molecule has 0 aromatic heterocycles. The highest BCUT2D eigenvalue weighted by atomic mass is 35.5. The molecule has 3 fully saturated rings. The van der Waals surface area contributed by atoms with Gasteiger partial charge in [-0.15, -0.1) is 0 Å². The van der Waals surface area contributed by atoms with E-state index >= 15 is 4.39 Å². The number of carbonyl (C=O) groups excluding carboxylic acids is 2. The topological polar surface area (TPSA) is 130 Å². The molecule has 0 unspecified atom stereocenters. The minimum atomic E-state index is -3.78. The molecular weight excluding hydrogens is 646 g/mol. The third kappa shape index (κ3) is 4.56. The van der Waals surface area contributed by atoms with Crippen LogP contribution in [0.3, 0.4) is 0 Å². The van der Waals surface area contributed by atoms with E-state index in [2.05, 4.69) is 5.32 Å². The molecule has 2 saturated heterocycles. The number of nitro benzene ring substituents is 1. The summed E-state index contributed by atoms with van der Waals surface area (Å²) in [5, 5.41) is 15.4. The van der Waals surface area contributed by atoms with Crippen LogP contribution in [-0.2, 0) is 25.0 Å². The van der Waals surface area contributed by atoms with Gasteiger partial charge in [0.05, 0.1) is 20.8 Å². The number of benzene rings is 3. The van der Waals surface area contributed by atoms with E-state index in [-0.39, 0.29) is 33.6 Å². The first-order chi connectivity index (χ1) is 21.3. The normalized spacial score (nSPS) is 26.2. The summed E-state index contributed by atoms with van der Waals surface area (Å²) in [4.78, 5) is 43.7. The number of anilines is 2. The lowest BCUT2D eigenvalue weighted by Gasteiger charge is -2.40. The van der Waals surface area contributed by atoms with E-state index < -0.39 is 61.5 Å². The molecule has 1 N–H and O–H groups in total. The van der Waals surface area contributed by atoms with E-state index in [1.165, 1.54) is 29.2 Å². The maximum atomic E-state index is 16.1. The van der Waals surface area contributed by atoms with Crippen LogP contribution in [0.4, 0.5) is 21.5 Å². The molecule has 0 bridgehead atoms. The summed E-state index contributed by atoms with van der Waals surface area (Å²) >= 11 is 12.6. The van der Waals surface area contributed by atoms with Crippen molar-refractivity contribution in [3.05, 3.63) is 91.7 Å². The molecule has 2 amide bonds. The lowest BCUT2D eigenvalue weighted by atomic mass is 9.70. The molecule has 4 atom stereocenters. The number of nitrogens with one attached hydrogen (secondary N) is 1. The second-order valence-electron chi connectivity index (χ2n) is 12.2. The van der Waals surface area contributed by atoms with Gasteiger partial charge >= 0.3 is 0 Å². The summed E-state index contributed by atoms with van der Waals surface area (Å²) < 4.78 is 40.5. The zero-order chi connectivity index (χ0) is 32.0. The smallest absolute Gasteiger partial charge is 0.294 e. The average molecular weight is 674 g/mol. The van der Waals surface area contributed by atoms with Gasteiger partial charge in [0.25, 0.3) is 5.69 Å². The van der Waals surface area contributed by atoms with Gasteiger partial charge in [0.2, 0.25) is 11.8 Å². The molecule has 3 aliphatic heterocycles. The Bertz CT molecular complexity index is 1920. The van der Waals surface area contributed by atoms with Crippen LogP contribution >= 0.6 is 23.2 Å². The van der Waals surface area contributed by atoms with Crippen LogP contribution in [-0.4, -0.2) is 55.4 Å². The van der Waals surface area contributed by atoms with Crippen LogP contribution in [0.1, 0.15) is 36.3 Å². The van der Waals surface area contributed by atoms with Gasteiger partial charge in [-0.2, -0.15) is 0 Å². The summed E-state index contributed by atoms with van der Waals surface area (Å²) in [6, 6.07) is 12.4. The average Bonchev–Trinajstić information content (AvgIpc) is 3.70. The van der Waals surface area contributed by atoms with E-state index in [0.717, 1.165) is 25.2 Å². The molecule has 234 valence electrons. The summed E-state index contributed by atoms with van der Waals surface area (Å²) in [7, 11) is -3.78. The molecule has 10 nitrogen and oxygen atoms in total. The SMILES string of the molecule is CS(=O)(=O)c1ccc(N2CC[C@H]3[C@@H](C2=O)[C@H](c2cccc(Cl)c2F)[C@]2(C(=O)Nc4cc(Cl)ccc42)N3CC2CC2)c([N+](=O)[O-])c1. The van der Waals surface area contributed by atoms with Crippen molar-refractivity contribution in [2.45, 2.75) is 41.7 Å². The predicted octanol–water partition coefficient (Wildman–Crippen LogP) is 5.52. The number of nitrogens with zero attached hydrogens (tertiary/aromatic N) is 3. The van der Waals surface area contributed by atoms with Crippen molar-refractivity contribution < 1.29 is 27.3 Å². The Labute approximate surface area is 268 Å². The number of amides is 2. The van der Waals surface area contributed by atoms with Gasteiger partial charge in [-0.1, -0.05) is 41.4 Å². The van der Waals surface area contributed by atoms with Gasteiger partial charge in [0.15, 0.2) is 9.84 Å². The second-order valence-corrected chi connectivity index (χ2v) is 15.0. The fourth-order valence-corrected chi connectivity index (χ4v) is 8.58. The Kier molecular flexibility index (Phi) is 7.01. The summed E-state index contributed by atoms with van der Waals surface area (Å²) in [5.41, 5.74) is -0.989. The number of rotatable bonds is 6. The monoisotopic (exact) mass is 672 g/mol. The van der Waals surface area contributed by atoms with Gasteiger partial charge in [-0.05, 0) is 61.1 Å². The maximum absolute atomic E-state index is 16.1. The standard InChI is InChI=1S/C31H27Cl2FN4O6S/c1-45(43,44)18-8-10-23(25(14-18)38(41)42)36-12-11-24-26(29(36)39)27(19-3-2-4-21(33)28(19)34)31(37(24)15-16-5-6-16)20-9-7-17(32)13-22(20)35-30(31)40/h2-4,7-10,13-14,16,24,26-27H,5-6,11-12,15H2,1H3,(H,35,40)/t24-,26+,27-,31+/m0/s1. The predicted molar refractivity (Wildman–Crippen MR) is 166 cm³/mol. The van der Waals surface area contributed by atoms with Crippen LogP contribution < -0.4 is 10.2 Å². The number of sulfone groups is 1. The van der Waals surface area contributed by atoms with Crippen molar-refractivity contribution in [1.29, 1.82) is 0 Å². The van der Waals surface area contributed by atoms with Gasteiger partial charge in [0, 0.05) is 53.6 Å². The van der Waals surface area contributed by atoms with Crippen LogP contribution in [0.15, 0.2) is 59.5 Å². The van der Waals surface area contributed by atoms with Crippen molar-refractivity contribution in [2.75, 3.05) is 29.6 Å². The zero-order valence-electron chi connectivity index (χ0n) is 23.9. The lowest BCUT2D eigenvalue weighted by molar-refractivity contribution is -0.384. The molecule has 3 aromatic rings. The molecule has 1 saturated carbocycles. The Hall–Kier alpha value is -3.58. The van der Waals surface area contributed by atoms with Crippen LogP contribution in [0.25, 0.3) is 0 Å². The summed E-state index contributed by atoms with van der Waals surface area (Å²) in [6.45, 7) is 0.558. The molecule has 4 aliphatic rings.